The monoisotopic (exact) mass is 363 g/mol. The molecule has 1 aromatic carbocycles. The molecule has 1 heterocycles. The summed E-state index contributed by atoms with van der Waals surface area (Å²) in [7, 11) is 0. The standard InChI is InChI=1S/C14H12F3NO5S/c1-3-22-13(19)12-11(23-6-14(15,16)17)8-5-9(18(20)21)7(2)4-10(8)24-12/h4-5H,3,6H2,1-2H3. The van der Waals surface area contributed by atoms with Crippen LogP contribution in [0.4, 0.5) is 18.9 Å². The van der Waals surface area contributed by atoms with Gasteiger partial charge in [0.05, 0.1) is 11.5 Å². The molecular formula is C14H12F3NO5S. The van der Waals surface area contributed by atoms with Crippen LogP contribution >= 0.6 is 11.3 Å². The van der Waals surface area contributed by atoms with Gasteiger partial charge in [-0.15, -0.1) is 11.3 Å². The molecule has 0 bridgehead atoms. The molecule has 0 atom stereocenters. The summed E-state index contributed by atoms with van der Waals surface area (Å²) in [6, 6.07) is 2.54. The smallest absolute Gasteiger partial charge is 0.422 e. The van der Waals surface area contributed by atoms with Gasteiger partial charge in [-0.25, -0.2) is 4.79 Å². The number of nitro benzene ring substituents is 1. The highest BCUT2D eigenvalue weighted by Crippen LogP contribution is 2.41. The van der Waals surface area contributed by atoms with Crippen molar-refractivity contribution in [2.45, 2.75) is 20.0 Å². The second-order valence-electron chi connectivity index (χ2n) is 4.78. The Balaban J connectivity index is 2.62. The van der Waals surface area contributed by atoms with E-state index < -0.39 is 23.7 Å². The van der Waals surface area contributed by atoms with Gasteiger partial charge in [-0.3, -0.25) is 10.1 Å². The van der Waals surface area contributed by atoms with Crippen LogP contribution < -0.4 is 4.74 Å². The maximum Gasteiger partial charge on any atom is 0.422 e. The van der Waals surface area contributed by atoms with Crippen LogP contribution in [0.2, 0.25) is 0 Å². The number of halogens is 3. The Bertz CT molecular complexity index is 800. The van der Waals surface area contributed by atoms with Crippen LogP contribution in [0.3, 0.4) is 0 Å². The Morgan fingerprint density at radius 3 is 2.58 bits per heavy atom. The Hall–Kier alpha value is -2.36. The van der Waals surface area contributed by atoms with Gasteiger partial charge in [0.1, 0.15) is 0 Å². The molecular weight excluding hydrogens is 351 g/mol. The van der Waals surface area contributed by atoms with Gasteiger partial charge >= 0.3 is 12.1 Å². The number of ether oxygens (including phenoxy) is 2. The lowest BCUT2D eigenvalue weighted by molar-refractivity contribution is -0.385. The Morgan fingerprint density at radius 1 is 1.38 bits per heavy atom. The van der Waals surface area contributed by atoms with Gasteiger partial charge in [-0.1, -0.05) is 0 Å². The van der Waals surface area contributed by atoms with E-state index in [9.17, 15) is 28.1 Å². The zero-order chi connectivity index (χ0) is 18.1. The SMILES string of the molecule is CCOC(=O)c1sc2cc(C)c([N+](=O)[O-])cc2c1OCC(F)(F)F. The van der Waals surface area contributed by atoms with Gasteiger partial charge in [-0.05, 0) is 19.9 Å². The van der Waals surface area contributed by atoms with E-state index in [4.69, 9.17) is 9.47 Å². The van der Waals surface area contributed by atoms with Crippen LogP contribution in [0.5, 0.6) is 5.75 Å². The third kappa shape index (κ3) is 3.75. The van der Waals surface area contributed by atoms with Crippen molar-refractivity contribution < 1.29 is 32.4 Å². The molecule has 1 aromatic heterocycles. The summed E-state index contributed by atoms with van der Waals surface area (Å²) >= 11 is 0.868. The maximum atomic E-state index is 12.5. The van der Waals surface area contributed by atoms with Crippen LogP contribution in [0.15, 0.2) is 12.1 Å². The van der Waals surface area contributed by atoms with Crippen molar-refractivity contribution in [2.24, 2.45) is 0 Å². The molecule has 0 saturated carbocycles. The van der Waals surface area contributed by atoms with E-state index >= 15 is 0 Å². The van der Waals surface area contributed by atoms with Gasteiger partial charge in [0, 0.05) is 21.7 Å². The highest BCUT2D eigenvalue weighted by molar-refractivity contribution is 7.21. The topological polar surface area (TPSA) is 78.7 Å². The fraction of sp³-hybridized carbons (Fsp3) is 0.357. The molecule has 0 radical (unpaired) electrons. The van der Waals surface area contributed by atoms with Crippen molar-refractivity contribution in [3.05, 3.63) is 32.7 Å². The number of hydrogen-bond donors (Lipinski definition) is 0. The minimum absolute atomic E-state index is 0.0327. The number of alkyl halides is 3. The van der Waals surface area contributed by atoms with Crippen LogP contribution in [-0.4, -0.2) is 30.3 Å². The minimum Gasteiger partial charge on any atom is -0.482 e. The lowest BCUT2D eigenvalue weighted by Gasteiger charge is -2.10. The lowest BCUT2D eigenvalue weighted by atomic mass is 10.1. The average Bonchev–Trinajstić information content (AvgIpc) is 2.81. The summed E-state index contributed by atoms with van der Waals surface area (Å²) in [4.78, 5) is 22.2. The van der Waals surface area contributed by atoms with Crippen molar-refractivity contribution in [3.8, 4) is 5.75 Å². The molecule has 0 aliphatic heterocycles. The van der Waals surface area contributed by atoms with Crippen molar-refractivity contribution in [1.29, 1.82) is 0 Å². The van der Waals surface area contributed by atoms with Crippen molar-refractivity contribution in [3.63, 3.8) is 0 Å². The van der Waals surface area contributed by atoms with Crippen molar-refractivity contribution >= 4 is 33.1 Å². The first-order chi connectivity index (χ1) is 11.1. The first kappa shape index (κ1) is 18.0. The molecule has 130 valence electrons. The second-order valence-corrected chi connectivity index (χ2v) is 5.83. The molecule has 0 unspecified atom stereocenters. The fourth-order valence-corrected chi connectivity index (χ4v) is 3.16. The van der Waals surface area contributed by atoms with Gasteiger partial charge in [-0.2, -0.15) is 13.2 Å². The molecule has 0 amide bonds. The van der Waals surface area contributed by atoms with Crippen molar-refractivity contribution in [2.75, 3.05) is 13.2 Å². The number of rotatable bonds is 5. The van der Waals surface area contributed by atoms with Crippen LogP contribution in [-0.2, 0) is 4.74 Å². The maximum absolute atomic E-state index is 12.5. The average molecular weight is 363 g/mol. The number of nitrogens with zero attached hydrogens (tertiary/aromatic N) is 1. The van der Waals surface area contributed by atoms with Crippen molar-refractivity contribution in [1.82, 2.24) is 0 Å². The summed E-state index contributed by atoms with van der Waals surface area (Å²) < 4.78 is 47.3. The largest absolute Gasteiger partial charge is 0.482 e. The zero-order valence-electron chi connectivity index (χ0n) is 12.6. The zero-order valence-corrected chi connectivity index (χ0v) is 13.4. The highest BCUT2D eigenvalue weighted by Gasteiger charge is 2.31. The van der Waals surface area contributed by atoms with E-state index in [1.807, 2.05) is 0 Å². The van der Waals surface area contributed by atoms with E-state index in [1.54, 1.807) is 6.92 Å². The van der Waals surface area contributed by atoms with E-state index in [0.29, 0.717) is 10.3 Å². The Morgan fingerprint density at radius 2 is 2.04 bits per heavy atom. The molecule has 0 fully saturated rings. The van der Waals surface area contributed by atoms with E-state index in [1.165, 1.54) is 13.0 Å². The quantitative estimate of drug-likeness (QED) is 0.451. The first-order valence-electron chi connectivity index (χ1n) is 6.72. The molecule has 10 heteroatoms. The number of carbonyl (C=O) groups excluding carboxylic acids is 1. The second kappa shape index (κ2) is 6.63. The number of esters is 1. The predicted molar refractivity (Wildman–Crippen MR) is 80.7 cm³/mol. The molecule has 24 heavy (non-hydrogen) atoms. The van der Waals surface area contributed by atoms with Gasteiger partial charge < -0.3 is 9.47 Å². The molecule has 0 N–H and O–H groups in total. The number of thiophene rings is 1. The summed E-state index contributed by atoms with van der Waals surface area (Å²) in [5.74, 6) is -1.19. The van der Waals surface area contributed by atoms with E-state index in [2.05, 4.69) is 0 Å². The molecule has 6 nitrogen and oxygen atoms in total. The minimum atomic E-state index is -4.61. The summed E-state index contributed by atoms with van der Waals surface area (Å²) in [6.45, 7) is 1.46. The van der Waals surface area contributed by atoms with Crippen LogP contribution in [0.25, 0.3) is 10.1 Å². The molecule has 0 spiro atoms. The number of nitro groups is 1. The first-order valence-corrected chi connectivity index (χ1v) is 7.54. The summed E-state index contributed by atoms with van der Waals surface area (Å²) in [6.07, 6.45) is -4.61. The van der Waals surface area contributed by atoms with Gasteiger partial charge in [0.15, 0.2) is 17.2 Å². The highest BCUT2D eigenvalue weighted by atomic mass is 32.1. The molecule has 0 aliphatic rings. The number of fused-ring (bicyclic) bond motifs is 1. The lowest BCUT2D eigenvalue weighted by Crippen LogP contribution is -2.20. The number of hydrogen-bond acceptors (Lipinski definition) is 6. The Labute approximate surface area is 137 Å². The molecule has 0 saturated heterocycles. The number of carbonyl (C=O) groups is 1. The molecule has 0 aliphatic carbocycles. The third-order valence-electron chi connectivity index (χ3n) is 3.00. The van der Waals surface area contributed by atoms with Crippen LogP contribution in [0, 0.1) is 17.0 Å². The van der Waals surface area contributed by atoms with E-state index in [0.717, 1.165) is 17.4 Å². The van der Waals surface area contributed by atoms with Gasteiger partial charge in [0.25, 0.3) is 5.69 Å². The molecule has 2 rings (SSSR count). The molecule has 2 aromatic rings. The number of benzene rings is 1. The van der Waals surface area contributed by atoms with E-state index in [-0.39, 0.29) is 28.3 Å². The van der Waals surface area contributed by atoms with Gasteiger partial charge in [0.2, 0.25) is 0 Å². The summed E-state index contributed by atoms with van der Waals surface area (Å²) in [5, 5.41) is 11.1. The third-order valence-corrected chi connectivity index (χ3v) is 4.11. The summed E-state index contributed by atoms with van der Waals surface area (Å²) in [5.41, 5.74) is 0.0547. The predicted octanol–water partition coefficient (Wildman–Crippen LogP) is 4.24. The van der Waals surface area contributed by atoms with Crippen LogP contribution in [0.1, 0.15) is 22.2 Å². The number of aryl methyl sites for hydroxylation is 1. The Kier molecular flexibility index (Phi) is 4.97. The normalized spacial score (nSPS) is 11.5. The fourth-order valence-electron chi connectivity index (χ4n) is 2.04.